The highest BCUT2D eigenvalue weighted by molar-refractivity contribution is 6.05. The molecule has 1 saturated heterocycles. The highest BCUT2D eigenvalue weighted by atomic mass is 35.5. The smallest absolute Gasteiger partial charge is 0.255 e. The SMILES string of the molecule is Cc1ccc(C(=O)N2CCC(C)(CN)C2)cc1NC(=O)c1ccccc1.Cl. The summed E-state index contributed by atoms with van der Waals surface area (Å²) in [7, 11) is 0. The molecule has 0 spiro atoms. The van der Waals surface area contributed by atoms with Gasteiger partial charge in [-0.1, -0.05) is 31.2 Å². The Labute approximate surface area is 166 Å². The third-order valence-corrected chi connectivity index (χ3v) is 5.11. The van der Waals surface area contributed by atoms with E-state index in [1.807, 2.05) is 42.2 Å². The van der Waals surface area contributed by atoms with E-state index in [2.05, 4.69) is 12.2 Å². The lowest BCUT2D eigenvalue weighted by Gasteiger charge is -2.23. The van der Waals surface area contributed by atoms with Gasteiger partial charge in [0.25, 0.3) is 11.8 Å². The number of hydrogen-bond acceptors (Lipinski definition) is 3. The lowest BCUT2D eigenvalue weighted by atomic mass is 9.90. The summed E-state index contributed by atoms with van der Waals surface area (Å²) < 4.78 is 0. The Morgan fingerprint density at radius 1 is 1.15 bits per heavy atom. The second kappa shape index (κ2) is 8.55. The van der Waals surface area contributed by atoms with Gasteiger partial charge in [-0.15, -0.1) is 12.4 Å². The van der Waals surface area contributed by atoms with E-state index in [1.54, 1.807) is 18.2 Å². The number of nitrogens with zero attached hydrogens (tertiary/aromatic N) is 1. The van der Waals surface area contributed by atoms with E-state index in [9.17, 15) is 9.59 Å². The molecule has 1 aliphatic heterocycles. The molecule has 2 amide bonds. The monoisotopic (exact) mass is 387 g/mol. The molecule has 1 atom stereocenters. The van der Waals surface area contributed by atoms with Crippen molar-refractivity contribution in [2.45, 2.75) is 20.3 Å². The number of hydrogen-bond donors (Lipinski definition) is 2. The Bertz CT molecular complexity index is 825. The Kier molecular flexibility index (Phi) is 6.63. The van der Waals surface area contributed by atoms with Crippen LogP contribution in [0.5, 0.6) is 0 Å². The van der Waals surface area contributed by atoms with Crippen LogP contribution in [-0.4, -0.2) is 36.3 Å². The molecule has 5 nitrogen and oxygen atoms in total. The summed E-state index contributed by atoms with van der Waals surface area (Å²) in [6, 6.07) is 14.5. The van der Waals surface area contributed by atoms with Crippen molar-refractivity contribution in [2.75, 3.05) is 25.0 Å². The molecule has 0 saturated carbocycles. The molecule has 27 heavy (non-hydrogen) atoms. The first kappa shape index (κ1) is 20.9. The zero-order valence-electron chi connectivity index (χ0n) is 15.7. The van der Waals surface area contributed by atoms with Crippen LogP contribution in [0.1, 0.15) is 39.6 Å². The standard InChI is InChI=1S/C21H25N3O2.ClH/c1-15-8-9-17(20(26)24-11-10-21(2,13-22)14-24)12-18(15)23-19(25)16-6-4-3-5-7-16;/h3-9,12H,10-11,13-14,22H2,1-2H3,(H,23,25);1H. The van der Waals surface area contributed by atoms with E-state index in [0.29, 0.717) is 36.4 Å². The molecule has 0 aliphatic carbocycles. The van der Waals surface area contributed by atoms with Gasteiger partial charge in [0.05, 0.1) is 0 Å². The van der Waals surface area contributed by atoms with Crippen molar-refractivity contribution in [2.24, 2.45) is 11.1 Å². The molecule has 1 heterocycles. The molecular weight excluding hydrogens is 362 g/mol. The van der Waals surface area contributed by atoms with E-state index in [0.717, 1.165) is 12.0 Å². The van der Waals surface area contributed by atoms with Gasteiger partial charge in [-0.3, -0.25) is 9.59 Å². The van der Waals surface area contributed by atoms with Crippen LogP contribution < -0.4 is 11.1 Å². The molecule has 2 aromatic rings. The van der Waals surface area contributed by atoms with Gasteiger partial charge in [-0.2, -0.15) is 0 Å². The molecule has 1 fully saturated rings. The summed E-state index contributed by atoms with van der Waals surface area (Å²) >= 11 is 0. The fourth-order valence-corrected chi connectivity index (χ4v) is 3.22. The van der Waals surface area contributed by atoms with Crippen LogP contribution in [0.15, 0.2) is 48.5 Å². The van der Waals surface area contributed by atoms with Gasteiger partial charge in [-0.05, 0) is 55.1 Å². The van der Waals surface area contributed by atoms with E-state index < -0.39 is 0 Å². The number of benzene rings is 2. The number of nitrogens with two attached hydrogens (primary N) is 1. The average Bonchev–Trinajstić information content (AvgIpc) is 3.06. The first-order valence-corrected chi connectivity index (χ1v) is 8.88. The number of carbonyl (C=O) groups is 2. The van der Waals surface area contributed by atoms with Gasteiger partial charge in [0.2, 0.25) is 0 Å². The zero-order valence-corrected chi connectivity index (χ0v) is 16.5. The maximum atomic E-state index is 12.8. The highest BCUT2D eigenvalue weighted by Gasteiger charge is 2.35. The van der Waals surface area contributed by atoms with E-state index in [-0.39, 0.29) is 29.6 Å². The van der Waals surface area contributed by atoms with Gasteiger partial charge >= 0.3 is 0 Å². The topological polar surface area (TPSA) is 75.4 Å². The molecule has 1 aliphatic rings. The van der Waals surface area contributed by atoms with Crippen molar-refractivity contribution in [1.29, 1.82) is 0 Å². The number of aryl methyl sites for hydroxylation is 1. The fraction of sp³-hybridized carbons (Fsp3) is 0.333. The largest absolute Gasteiger partial charge is 0.338 e. The van der Waals surface area contributed by atoms with E-state index in [4.69, 9.17) is 5.73 Å². The zero-order chi connectivity index (χ0) is 18.7. The lowest BCUT2D eigenvalue weighted by molar-refractivity contribution is 0.0776. The first-order valence-electron chi connectivity index (χ1n) is 8.88. The number of anilines is 1. The third-order valence-electron chi connectivity index (χ3n) is 5.11. The van der Waals surface area contributed by atoms with Crippen LogP contribution in [0.2, 0.25) is 0 Å². The van der Waals surface area contributed by atoms with Crippen molar-refractivity contribution in [3.63, 3.8) is 0 Å². The summed E-state index contributed by atoms with van der Waals surface area (Å²) in [5.41, 5.74) is 8.57. The summed E-state index contributed by atoms with van der Waals surface area (Å²) in [5, 5.41) is 2.91. The number of nitrogens with one attached hydrogen (secondary N) is 1. The number of likely N-dealkylation sites (tertiary alicyclic amines) is 1. The maximum absolute atomic E-state index is 12.8. The predicted octanol–water partition coefficient (Wildman–Crippen LogP) is 3.48. The first-order chi connectivity index (χ1) is 12.4. The minimum atomic E-state index is -0.185. The Balaban J connectivity index is 0.00000261. The molecule has 3 N–H and O–H groups in total. The van der Waals surface area contributed by atoms with Crippen molar-refractivity contribution < 1.29 is 9.59 Å². The minimum Gasteiger partial charge on any atom is -0.338 e. The second-order valence-corrected chi connectivity index (χ2v) is 7.34. The molecule has 2 aromatic carbocycles. The minimum absolute atomic E-state index is 0. The fourth-order valence-electron chi connectivity index (χ4n) is 3.22. The van der Waals surface area contributed by atoms with Crippen LogP contribution >= 0.6 is 12.4 Å². The number of amides is 2. The van der Waals surface area contributed by atoms with Gasteiger partial charge in [0.15, 0.2) is 0 Å². The Morgan fingerprint density at radius 2 is 1.85 bits per heavy atom. The van der Waals surface area contributed by atoms with Crippen LogP contribution in [0.25, 0.3) is 0 Å². The average molecular weight is 388 g/mol. The van der Waals surface area contributed by atoms with Crippen molar-refractivity contribution in [1.82, 2.24) is 4.90 Å². The van der Waals surface area contributed by atoms with Crippen molar-refractivity contribution >= 4 is 29.9 Å². The molecule has 3 rings (SSSR count). The van der Waals surface area contributed by atoms with E-state index >= 15 is 0 Å². The maximum Gasteiger partial charge on any atom is 0.255 e. The summed E-state index contributed by atoms with van der Waals surface area (Å²) in [6.07, 6.45) is 0.915. The summed E-state index contributed by atoms with van der Waals surface area (Å²) in [5.74, 6) is -0.201. The number of carbonyl (C=O) groups excluding carboxylic acids is 2. The molecular formula is C21H26ClN3O2. The summed E-state index contributed by atoms with van der Waals surface area (Å²) in [4.78, 5) is 27.1. The molecule has 0 aromatic heterocycles. The normalized spacial score (nSPS) is 18.7. The van der Waals surface area contributed by atoms with Crippen molar-refractivity contribution in [3.8, 4) is 0 Å². The quantitative estimate of drug-likeness (QED) is 0.843. The van der Waals surface area contributed by atoms with Crippen LogP contribution in [0.3, 0.4) is 0 Å². The summed E-state index contributed by atoms with van der Waals surface area (Å²) in [6.45, 7) is 5.98. The van der Waals surface area contributed by atoms with Crippen LogP contribution in [-0.2, 0) is 0 Å². The second-order valence-electron chi connectivity index (χ2n) is 7.34. The highest BCUT2D eigenvalue weighted by Crippen LogP contribution is 2.30. The van der Waals surface area contributed by atoms with Crippen LogP contribution in [0.4, 0.5) is 5.69 Å². The van der Waals surface area contributed by atoms with Crippen LogP contribution in [0, 0.1) is 12.3 Å². The Morgan fingerprint density at radius 3 is 2.48 bits per heavy atom. The van der Waals surface area contributed by atoms with Gasteiger partial charge < -0.3 is 16.0 Å². The molecule has 0 bridgehead atoms. The number of halogens is 1. The van der Waals surface area contributed by atoms with Crippen molar-refractivity contribution in [3.05, 3.63) is 65.2 Å². The number of rotatable bonds is 4. The van der Waals surface area contributed by atoms with Gasteiger partial charge in [-0.25, -0.2) is 0 Å². The third kappa shape index (κ3) is 4.67. The predicted molar refractivity (Wildman–Crippen MR) is 111 cm³/mol. The van der Waals surface area contributed by atoms with Gasteiger partial charge in [0, 0.05) is 29.9 Å². The van der Waals surface area contributed by atoms with E-state index in [1.165, 1.54) is 0 Å². The molecule has 144 valence electrons. The molecule has 1 unspecified atom stereocenters. The van der Waals surface area contributed by atoms with Gasteiger partial charge in [0.1, 0.15) is 0 Å². The molecule has 6 heteroatoms. The molecule has 0 radical (unpaired) electrons. The Hall–Kier alpha value is -2.37. The lowest BCUT2D eigenvalue weighted by Crippen LogP contribution is -2.34.